The second kappa shape index (κ2) is 9.91. The third-order valence-electron chi connectivity index (χ3n) is 6.03. The van der Waals surface area contributed by atoms with Gasteiger partial charge in [-0.1, -0.05) is 12.1 Å². The van der Waals surface area contributed by atoms with Gasteiger partial charge in [0, 0.05) is 6.42 Å². The van der Waals surface area contributed by atoms with Crippen molar-refractivity contribution >= 4 is 11.0 Å². The van der Waals surface area contributed by atoms with Crippen LogP contribution in [0.4, 0.5) is 74.6 Å². The molecule has 2 aromatic rings. The molecule has 3 rings (SSSR count). The Morgan fingerprint density at radius 1 is 0.643 bits per heavy atom. The molecule has 4 nitrogen and oxygen atoms in total. The van der Waals surface area contributed by atoms with E-state index in [1.807, 2.05) is 0 Å². The Balaban J connectivity index is 1.89. The average Bonchev–Trinajstić information content (AvgIpc) is 3.29. The number of nitrogens with zero attached hydrogens (tertiary/aromatic N) is 2. The second-order valence-corrected chi connectivity index (χ2v) is 8.96. The number of halogens is 17. The maximum absolute atomic E-state index is 14.3. The van der Waals surface area contributed by atoms with E-state index >= 15 is 0 Å². The summed E-state index contributed by atoms with van der Waals surface area (Å²) in [7, 11) is 0. The van der Waals surface area contributed by atoms with Gasteiger partial charge in [-0.25, -0.2) is 9.97 Å². The van der Waals surface area contributed by atoms with E-state index < -0.39 is 73.1 Å². The van der Waals surface area contributed by atoms with Gasteiger partial charge in [-0.3, -0.25) is 0 Å². The Hall–Kier alpha value is -2.71. The maximum atomic E-state index is 14.3. The van der Waals surface area contributed by atoms with Gasteiger partial charge in [0.15, 0.2) is 0 Å². The summed E-state index contributed by atoms with van der Waals surface area (Å²) >= 11 is 0. The van der Waals surface area contributed by atoms with E-state index in [9.17, 15) is 74.6 Å². The molecule has 0 amide bonds. The molecule has 0 spiro atoms. The number of fused-ring (bicyclic) bond motifs is 1. The minimum Gasteiger partial charge on any atom is -0.344 e. The molecule has 21 heteroatoms. The number of aryl methyl sites for hydroxylation is 1. The van der Waals surface area contributed by atoms with Gasteiger partial charge in [0.1, 0.15) is 5.69 Å². The Bertz CT molecular complexity index is 1310. The maximum Gasteiger partial charge on any atom is 0.460 e. The zero-order valence-corrected chi connectivity index (χ0v) is 20.0. The van der Waals surface area contributed by atoms with E-state index in [1.54, 1.807) is 6.07 Å². The minimum absolute atomic E-state index is 0.0152. The molecule has 238 valence electrons. The second-order valence-electron chi connectivity index (χ2n) is 8.96. The number of hydrogen-bond donors (Lipinski definition) is 0. The Morgan fingerprint density at radius 2 is 1.07 bits per heavy atom. The van der Waals surface area contributed by atoms with Crippen LogP contribution in [-0.2, 0) is 9.47 Å². The molecule has 42 heavy (non-hydrogen) atoms. The van der Waals surface area contributed by atoms with Gasteiger partial charge in [0.2, 0.25) is 6.29 Å². The highest BCUT2D eigenvalue weighted by Crippen LogP contribution is 2.64. The van der Waals surface area contributed by atoms with Crippen molar-refractivity contribution in [1.29, 1.82) is 0 Å². The van der Waals surface area contributed by atoms with Gasteiger partial charge < -0.3 is 9.47 Å². The van der Waals surface area contributed by atoms with Crippen LogP contribution in [0.2, 0.25) is 0 Å². The molecule has 0 bridgehead atoms. The van der Waals surface area contributed by atoms with Crippen molar-refractivity contribution in [2.24, 2.45) is 0 Å². The largest absolute Gasteiger partial charge is 0.460 e. The molecule has 1 fully saturated rings. The van der Waals surface area contributed by atoms with Crippen LogP contribution >= 0.6 is 0 Å². The summed E-state index contributed by atoms with van der Waals surface area (Å²) in [5.74, 6) is -56.8. The lowest BCUT2D eigenvalue weighted by Gasteiger charge is -2.43. The lowest BCUT2D eigenvalue weighted by atomic mass is 9.88. The summed E-state index contributed by atoms with van der Waals surface area (Å²) in [5.41, 5.74) is 0.233. The normalized spacial score (nSPS) is 20.4. The fraction of sp³-hybridized carbons (Fsp3) is 0.619. The van der Waals surface area contributed by atoms with Gasteiger partial charge >= 0.3 is 47.6 Å². The highest BCUT2D eigenvalue weighted by molar-refractivity contribution is 5.74. The molecule has 1 aromatic carbocycles. The zero-order chi connectivity index (χ0) is 32.5. The van der Waals surface area contributed by atoms with Crippen molar-refractivity contribution in [1.82, 2.24) is 9.97 Å². The molecule has 1 aliphatic heterocycles. The molecule has 0 saturated carbocycles. The quantitative estimate of drug-likeness (QED) is 0.261. The standard InChI is InChI=1S/C21H13F17N2O2/c1-8-12(40-11-5-3-2-4-10(11)39-8)13-41-7-9(42-13)6-14(22,23)15(24,25)16(26,27)17(28,29)18(30,31)19(32,33)20(34,35)21(36,37)38/h2-5,9,13H,6-7H2,1H3. The monoisotopic (exact) mass is 648 g/mol. The smallest absolute Gasteiger partial charge is 0.344 e. The lowest BCUT2D eigenvalue weighted by molar-refractivity contribution is -0.462. The summed E-state index contributed by atoms with van der Waals surface area (Å²) in [6.45, 7) is 0.122. The minimum atomic E-state index is -8.67. The van der Waals surface area contributed by atoms with Crippen molar-refractivity contribution < 1.29 is 84.1 Å². The number of aromatic nitrogens is 2. The van der Waals surface area contributed by atoms with Crippen molar-refractivity contribution in [3.63, 3.8) is 0 Å². The van der Waals surface area contributed by atoms with Crippen LogP contribution in [0.1, 0.15) is 24.1 Å². The van der Waals surface area contributed by atoms with Crippen molar-refractivity contribution in [2.45, 2.75) is 73.4 Å². The van der Waals surface area contributed by atoms with Crippen LogP contribution in [0.3, 0.4) is 0 Å². The van der Waals surface area contributed by atoms with Crippen molar-refractivity contribution in [3.05, 3.63) is 35.7 Å². The molecule has 1 saturated heterocycles. The summed E-state index contributed by atoms with van der Waals surface area (Å²) in [4.78, 5) is 8.10. The van der Waals surface area contributed by atoms with E-state index in [0.717, 1.165) is 0 Å². The molecular formula is C21H13F17N2O2. The summed E-state index contributed by atoms with van der Waals surface area (Å²) in [6.07, 6.45) is -14.8. The first-order valence-electron chi connectivity index (χ1n) is 10.9. The van der Waals surface area contributed by atoms with Gasteiger partial charge in [0.05, 0.1) is 29.4 Å². The Morgan fingerprint density at radius 3 is 1.55 bits per heavy atom. The molecule has 2 atom stereocenters. The fourth-order valence-corrected chi connectivity index (χ4v) is 3.63. The molecule has 0 radical (unpaired) electrons. The van der Waals surface area contributed by atoms with Crippen LogP contribution in [-0.4, -0.2) is 70.3 Å². The van der Waals surface area contributed by atoms with Crippen LogP contribution < -0.4 is 0 Å². The van der Waals surface area contributed by atoms with Gasteiger partial charge in [0.25, 0.3) is 0 Å². The van der Waals surface area contributed by atoms with Crippen LogP contribution in [0.25, 0.3) is 11.0 Å². The number of alkyl halides is 17. The van der Waals surface area contributed by atoms with Gasteiger partial charge in [-0.15, -0.1) is 0 Å². The summed E-state index contributed by atoms with van der Waals surface area (Å²) in [5, 5.41) is 0. The topological polar surface area (TPSA) is 44.2 Å². The van der Waals surface area contributed by atoms with Gasteiger partial charge in [-0.2, -0.15) is 74.6 Å². The SMILES string of the molecule is Cc1nc2ccccc2nc1C1OCC(CC(F)(F)C(F)(F)C(F)(F)C(F)(F)C(F)(F)C(F)(F)C(F)(F)C(F)(F)F)O1. The number of ether oxygens (including phenoxy) is 2. The first-order chi connectivity index (χ1) is 18.7. The van der Waals surface area contributed by atoms with Crippen molar-refractivity contribution in [2.75, 3.05) is 6.61 Å². The third kappa shape index (κ3) is 4.79. The first kappa shape index (κ1) is 33.8. The average molecular weight is 648 g/mol. The number of para-hydroxylation sites is 2. The predicted octanol–water partition coefficient (Wildman–Crippen LogP) is 7.75. The molecule has 0 aliphatic carbocycles. The third-order valence-corrected chi connectivity index (χ3v) is 6.03. The molecule has 2 heterocycles. The first-order valence-corrected chi connectivity index (χ1v) is 10.9. The highest BCUT2D eigenvalue weighted by atomic mass is 19.4. The molecular weight excluding hydrogens is 635 g/mol. The summed E-state index contributed by atoms with van der Waals surface area (Å²) in [6, 6.07) is 5.92. The van der Waals surface area contributed by atoms with E-state index in [4.69, 9.17) is 9.47 Å². The molecule has 1 aromatic heterocycles. The van der Waals surface area contributed by atoms with Crippen LogP contribution in [0.5, 0.6) is 0 Å². The Kier molecular flexibility index (Phi) is 7.97. The van der Waals surface area contributed by atoms with E-state index in [-0.39, 0.29) is 16.9 Å². The van der Waals surface area contributed by atoms with Gasteiger partial charge in [-0.05, 0) is 19.1 Å². The predicted molar refractivity (Wildman–Crippen MR) is 103 cm³/mol. The zero-order valence-electron chi connectivity index (χ0n) is 20.0. The van der Waals surface area contributed by atoms with Crippen LogP contribution in [0, 0.1) is 6.92 Å². The van der Waals surface area contributed by atoms with E-state index in [1.165, 1.54) is 25.1 Å². The lowest BCUT2D eigenvalue weighted by Crippen LogP contribution is -2.74. The number of benzene rings is 1. The molecule has 0 N–H and O–H groups in total. The van der Waals surface area contributed by atoms with E-state index in [2.05, 4.69) is 9.97 Å². The Labute approximate surface area is 221 Å². The molecule has 1 aliphatic rings. The fourth-order valence-electron chi connectivity index (χ4n) is 3.63. The van der Waals surface area contributed by atoms with E-state index in [0.29, 0.717) is 5.52 Å². The van der Waals surface area contributed by atoms with Crippen molar-refractivity contribution in [3.8, 4) is 0 Å². The highest BCUT2D eigenvalue weighted by Gasteiger charge is 2.95. The number of hydrogen-bond acceptors (Lipinski definition) is 4. The summed E-state index contributed by atoms with van der Waals surface area (Å²) < 4.78 is 238. The van der Waals surface area contributed by atoms with Crippen LogP contribution in [0.15, 0.2) is 24.3 Å². The number of rotatable bonds is 9. The molecule has 2 unspecified atom stereocenters.